The average Bonchev–Trinajstić information content (AvgIpc) is 3.11. The Kier molecular flexibility index (Phi) is 2.58. The molecule has 2 aromatic carbocycles. The fraction of sp³-hybridized carbons (Fsp3) is 0.412. The molecule has 0 bridgehead atoms. The van der Waals surface area contributed by atoms with Crippen molar-refractivity contribution in [2.75, 3.05) is 0 Å². The highest BCUT2D eigenvalue weighted by Crippen LogP contribution is 2.31. The largest absolute Gasteiger partial charge is 0.490 e. The van der Waals surface area contributed by atoms with E-state index in [1.54, 1.807) is 0 Å². The molecule has 1 fully saturated rings. The number of hydrogen-bond donors (Lipinski definition) is 0. The lowest BCUT2D eigenvalue weighted by atomic mass is 9.86. The number of benzene rings is 2. The van der Waals surface area contributed by atoms with Gasteiger partial charge in [-0.05, 0) is 46.7 Å². The van der Waals surface area contributed by atoms with Crippen LogP contribution in [-0.4, -0.2) is 6.10 Å². The van der Waals surface area contributed by atoms with Crippen LogP contribution < -0.4 is 4.74 Å². The van der Waals surface area contributed by atoms with Crippen LogP contribution in [0.3, 0.4) is 0 Å². The van der Waals surface area contributed by atoms with E-state index in [9.17, 15) is 0 Å². The van der Waals surface area contributed by atoms with Crippen LogP contribution in [0.15, 0.2) is 36.4 Å². The van der Waals surface area contributed by atoms with Gasteiger partial charge in [-0.2, -0.15) is 0 Å². The molecule has 1 aliphatic carbocycles. The van der Waals surface area contributed by atoms with Gasteiger partial charge in [-0.15, -0.1) is 0 Å². The van der Waals surface area contributed by atoms with Gasteiger partial charge in [0.1, 0.15) is 5.75 Å². The lowest BCUT2D eigenvalue weighted by Crippen LogP contribution is -2.10. The van der Waals surface area contributed by atoms with Crippen molar-refractivity contribution < 1.29 is 4.74 Å². The fourth-order valence-corrected chi connectivity index (χ4v) is 2.14. The maximum atomic E-state index is 5.83. The highest BCUT2D eigenvalue weighted by molar-refractivity contribution is 5.84. The molecule has 0 heterocycles. The summed E-state index contributed by atoms with van der Waals surface area (Å²) < 4.78 is 5.83. The van der Waals surface area contributed by atoms with Gasteiger partial charge in [0.15, 0.2) is 0 Å². The van der Waals surface area contributed by atoms with E-state index >= 15 is 0 Å². The first-order chi connectivity index (χ1) is 8.52. The molecule has 18 heavy (non-hydrogen) atoms. The minimum Gasteiger partial charge on any atom is -0.490 e. The molecule has 1 saturated carbocycles. The predicted octanol–water partition coefficient (Wildman–Crippen LogP) is 4.68. The molecule has 3 rings (SSSR count). The topological polar surface area (TPSA) is 9.23 Å². The zero-order valence-electron chi connectivity index (χ0n) is 11.4. The third kappa shape index (κ3) is 2.35. The molecule has 1 nitrogen and oxygen atoms in total. The van der Waals surface area contributed by atoms with Crippen molar-refractivity contribution in [3.05, 3.63) is 42.0 Å². The van der Waals surface area contributed by atoms with Crippen LogP contribution in [0.1, 0.15) is 39.2 Å². The summed E-state index contributed by atoms with van der Waals surface area (Å²) in [5, 5.41) is 2.56. The van der Waals surface area contributed by atoms with Gasteiger partial charge in [0.05, 0.1) is 6.10 Å². The molecule has 0 N–H and O–H groups in total. The zero-order chi connectivity index (χ0) is 12.8. The molecule has 1 heteroatoms. The highest BCUT2D eigenvalue weighted by Gasteiger charge is 2.23. The summed E-state index contributed by atoms with van der Waals surface area (Å²) in [4.78, 5) is 0. The number of ether oxygens (including phenoxy) is 1. The monoisotopic (exact) mass is 240 g/mol. The van der Waals surface area contributed by atoms with Crippen molar-refractivity contribution in [2.24, 2.45) is 0 Å². The Bertz CT molecular complexity index is 574. The lowest BCUT2D eigenvalue weighted by molar-refractivity contribution is 0.303. The average molecular weight is 240 g/mol. The minimum absolute atomic E-state index is 0.206. The summed E-state index contributed by atoms with van der Waals surface area (Å²) in [5.41, 5.74) is 1.59. The molecular formula is C17H20O. The van der Waals surface area contributed by atoms with Crippen molar-refractivity contribution >= 4 is 10.8 Å². The molecule has 0 spiro atoms. The molecule has 0 radical (unpaired) electrons. The van der Waals surface area contributed by atoms with E-state index in [-0.39, 0.29) is 5.41 Å². The first-order valence-electron chi connectivity index (χ1n) is 6.73. The third-order valence-corrected chi connectivity index (χ3v) is 3.50. The molecule has 0 atom stereocenters. The van der Waals surface area contributed by atoms with Crippen LogP contribution in [0.4, 0.5) is 0 Å². The van der Waals surface area contributed by atoms with Crippen LogP contribution in [0, 0.1) is 0 Å². The van der Waals surface area contributed by atoms with Crippen LogP contribution in [0.2, 0.25) is 0 Å². The second kappa shape index (κ2) is 4.01. The van der Waals surface area contributed by atoms with Gasteiger partial charge in [-0.1, -0.05) is 45.0 Å². The summed E-state index contributed by atoms with van der Waals surface area (Å²) >= 11 is 0. The minimum atomic E-state index is 0.206. The number of hydrogen-bond acceptors (Lipinski definition) is 1. The normalized spacial score (nSPS) is 15.9. The Morgan fingerprint density at radius 1 is 0.944 bits per heavy atom. The van der Waals surface area contributed by atoms with Crippen molar-refractivity contribution in [1.29, 1.82) is 0 Å². The Morgan fingerprint density at radius 3 is 2.28 bits per heavy atom. The summed E-state index contributed by atoms with van der Waals surface area (Å²) in [6.45, 7) is 6.75. The molecule has 0 amide bonds. The van der Waals surface area contributed by atoms with Gasteiger partial charge in [0, 0.05) is 0 Å². The second-order valence-electron chi connectivity index (χ2n) is 6.29. The predicted molar refractivity (Wildman–Crippen MR) is 76.3 cm³/mol. The number of rotatable bonds is 2. The summed E-state index contributed by atoms with van der Waals surface area (Å²) in [7, 11) is 0. The van der Waals surface area contributed by atoms with E-state index in [2.05, 4.69) is 57.2 Å². The molecule has 0 saturated heterocycles. The Balaban J connectivity index is 1.97. The van der Waals surface area contributed by atoms with E-state index in [1.807, 2.05) is 0 Å². The molecule has 0 aliphatic heterocycles. The summed E-state index contributed by atoms with van der Waals surface area (Å²) in [6, 6.07) is 13.1. The molecule has 0 unspecified atom stereocenters. The van der Waals surface area contributed by atoms with E-state index in [0.29, 0.717) is 6.10 Å². The molecular weight excluding hydrogens is 220 g/mol. The summed E-state index contributed by atoms with van der Waals surface area (Å²) in [6.07, 6.45) is 2.89. The van der Waals surface area contributed by atoms with E-state index in [1.165, 1.54) is 29.2 Å². The Hall–Kier alpha value is -1.50. The maximum Gasteiger partial charge on any atom is 0.120 e. The Labute approximate surface area is 109 Å². The Morgan fingerprint density at radius 2 is 1.61 bits per heavy atom. The summed E-state index contributed by atoms with van der Waals surface area (Å²) in [5.74, 6) is 1.01. The molecule has 94 valence electrons. The van der Waals surface area contributed by atoms with E-state index < -0.39 is 0 Å². The molecule has 2 aromatic rings. The first kappa shape index (κ1) is 11.6. The van der Waals surface area contributed by atoms with Gasteiger partial charge in [0.25, 0.3) is 0 Å². The van der Waals surface area contributed by atoms with E-state index in [0.717, 1.165) is 5.75 Å². The lowest BCUT2D eigenvalue weighted by Gasteiger charge is -2.19. The van der Waals surface area contributed by atoms with Crippen molar-refractivity contribution in [3.63, 3.8) is 0 Å². The van der Waals surface area contributed by atoms with Crippen molar-refractivity contribution in [1.82, 2.24) is 0 Å². The SMILES string of the molecule is CC(C)(C)c1ccc2cc(OC3CC3)ccc2c1. The number of fused-ring (bicyclic) bond motifs is 1. The highest BCUT2D eigenvalue weighted by atomic mass is 16.5. The van der Waals surface area contributed by atoms with Crippen LogP contribution in [-0.2, 0) is 5.41 Å². The van der Waals surface area contributed by atoms with Gasteiger partial charge in [-0.25, -0.2) is 0 Å². The van der Waals surface area contributed by atoms with E-state index in [4.69, 9.17) is 4.74 Å². The standard InChI is InChI=1S/C17H20O/c1-17(2,3)14-6-4-13-11-16(18-15-8-9-15)7-5-12(13)10-14/h4-7,10-11,15H,8-9H2,1-3H3. The second-order valence-corrected chi connectivity index (χ2v) is 6.29. The maximum absolute atomic E-state index is 5.83. The van der Waals surface area contributed by atoms with Gasteiger partial charge in [-0.3, -0.25) is 0 Å². The van der Waals surface area contributed by atoms with Crippen molar-refractivity contribution in [2.45, 2.75) is 45.1 Å². The van der Waals surface area contributed by atoms with Crippen LogP contribution in [0.5, 0.6) is 5.75 Å². The van der Waals surface area contributed by atoms with Gasteiger partial charge in [0.2, 0.25) is 0 Å². The third-order valence-electron chi connectivity index (χ3n) is 3.50. The quantitative estimate of drug-likeness (QED) is 0.740. The fourth-order valence-electron chi connectivity index (χ4n) is 2.14. The zero-order valence-corrected chi connectivity index (χ0v) is 11.4. The van der Waals surface area contributed by atoms with Crippen LogP contribution in [0.25, 0.3) is 10.8 Å². The van der Waals surface area contributed by atoms with Gasteiger partial charge < -0.3 is 4.74 Å². The van der Waals surface area contributed by atoms with Crippen LogP contribution >= 0.6 is 0 Å². The molecule has 0 aromatic heterocycles. The molecule has 1 aliphatic rings. The van der Waals surface area contributed by atoms with Crippen molar-refractivity contribution in [3.8, 4) is 5.75 Å². The van der Waals surface area contributed by atoms with Gasteiger partial charge >= 0.3 is 0 Å². The smallest absolute Gasteiger partial charge is 0.120 e. The first-order valence-corrected chi connectivity index (χ1v) is 6.73.